The first-order valence-corrected chi connectivity index (χ1v) is 21.0. The number of ketones is 1. The van der Waals surface area contributed by atoms with Crippen molar-refractivity contribution in [1.29, 1.82) is 0 Å². The number of ether oxygens (including phenoxy) is 1. The van der Waals surface area contributed by atoms with Crippen molar-refractivity contribution in [3.63, 3.8) is 0 Å². The Hall–Kier alpha value is -2.02. The average molecular weight is 699 g/mol. The fraction of sp³-hybridized carbons (Fsp3) is 0.773. The van der Waals surface area contributed by atoms with E-state index in [4.69, 9.17) is 4.74 Å². The molecule has 1 heterocycles. The lowest BCUT2D eigenvalue weighted by atomic mass is 10.0. The van der Waals surface area contributed by atoms with E-state index in [1.54, 1.807) is 0 Å². The molecule has 0 spiro atoms. The van der Waals surface area contributed by atoms with Crippen LogP contribution in [-0.2, 0) is 14.3 Å². The molecule has 1 unspecified atom stereocenters. The van der Waals surface area contributed by atoms with Crippen molar-refractivity contribution in [2.24, 2.45) is 0 Å². The Labute approximate surface area is 308 Å². The van der Waals surface area contributed by atoms with Gasteiger partial charge in [0.05, 0.1) is 0 Å². The molecule has 6 nitrogen and oxygen atoms in total. The molecule has 0 aromatic rings. The average Bonchev–Trinajstić information content (AvgIpc) is 3.12. The largest absolute Gasteiger partial charge is 0.464 e. The van der Waals surface area contributed by atoms with Gasteiger partial charge in [-0.05, 0) is 70.6 Å². The molecule has 0 bridgehead atoms. The van der Waals surface area contributed by atoms with Gasteiger partial charge in [0.25, 0.3) is 0 Å². The number of unbranched alkanes of at least 4 members (excludes halogenated alkanes) is 18. The van der Waals surface area contributed by atoms with Crippen LogP contribution in [0.25, 0.3) is 0 Å². The molecule has 1 atom stereocenters. The van der Waals surface area contributed by atoms with Gasteiger partial charge in [0.2, 0.25) is 0 Å². The van der Waals surface area contributed by atoms with Gasteiger partial charge in [-0.25, -0.2) is 0 Å². The molecule has 0 aromatic heterocycles. The zero-order chi connectivity index (χ0) is 36.2. The third-order valence-corrected chi connectivity index (χ3v) is 9.71. The quantitative estimate of drug-likeness (QED) is 0.0410. The SMILES string of the molecule is CCCC/C=C\C/C=C\CCCCCCCCC(=O)OCC(C(=O)CCCCCCCCC/C=C\C/C=C\CCCCC)N1CCN(O)CC1. The molecule has 0 aliphatic carbocycles. The third-order valence-electron chi connectivity index (χ3n) is 9.71. The zero-order valence-electron chi connectivity index (χ0n) is 32.7. The van der Waals surface area contributed by atoms with Crippen LogP contribution in [0.1, 0.15) is 181 Å². The summed E-state index contributed by atoms with van der Waals surface area (Å²) in [4.78, 5) is 27.9. The number of nitrogens with zero attached hydrogens (tertiary/aromatic N) is 2. The zero-order valence-corrected chi connectivity index (χ0v) is 32.7. The lowest BCUT2D eigenvalue weighted by Gasteiger charge is -2.36. The second kappa shape index (κ2) is 35.4. The van der Waals surface area contributed by atoms with Crippen molar-refractivity contribution < 1.29 is 19.5 Å². The standard InChI is InChI=1S/C44H78N2O4/c1-3-5-7-9-11-13-15-17-19-20-22-23-25-27-29-31-33-35-43(47)42(45-37-39-46(49)40-38-45)41-50-44(48)36-34-32-30-28-26-24-21-18-16-14-12-10-8-6-4-2/h10-13,16-19,42,49H,3-9,14-15,20-41H2,1-2H3/b12-10-,13-11-,18-16-,19-17-. The maximum absolute atomic E-state index is 13.3. The summed E-state index contributed by atoms with van der Waals surface area (Å²) < 4.78 is 5.66. The summed E-state index contributed by atoms with van der Waals surface area (Å²) in [5.41, 5.74) is 0. The molecular formula is C44H78N2O4. The molecule has 0 aromatic carbocycles. The monoisotopic (exact) mass is 699 g/mol. The Kier molecular flexibility index (Phi) is 32.6. The number of esters is 1. The van der Waals surface area contributed by atoms with E-state index in [0.717, 1.165) is 51.4 Å². The summed E-state index contributed by atoms with van der Waals surface area (Å²) in [5.74, 6) is -0.0207. The maximum Gasteiger partial charge on any atom is 0.305 e. The highest BCUT2D eigenvalue weighted by Gasteiger charge is 2.29. The first-order valence-electron chi connectivity index (χ1n) is 21.0. The molecule has 1 fully saturated rings. The summed E-state index contributed by atoms with van der Waals surface area (Å²) in [7, 11) is 0. The summed E-state index contributed by atoms with van der Waals surface area (Å²) in [5, 5.41) is 11.1. The van der Waals surface area contributed by atoms with Crippen LogP contribution in [0.15, 0.2) is 48.6 Å². The van der Waals surface area contributed by atoms with Gasteiger partial charge in [0, 0.05) is 39.0 Å². The number of allylic oxidation sites excluding steroid dienone is 8. The molecule has 6 heteroatoms. The number of carbonyl (C=O) groups excluding carboxylic acids is 2. The molecule has 1 rings (SSSR count). The van der Waals surface area contributed by atoms with Gasteiger partial charge in [-0.15, -0.1) is 0 Å². The van der Waals surface area contributed by atoms with Gasteiger partial charge in [-0.3, -0.25) is 14.5 Å². The summed E-state index contributed by atoms with van der Waals surface area (Å²) >= 11 is 0. The van der Waals surface area contributed by atoms with Crippen LogP contribution in [0.5, 0.6) is 0 Å². The first kappa shape index (κ1) is 46.0. The smallest absolute Gasteiger partial charge is 0.305 e. The minimum absolute atomic E-state index is 0.134. The van der Waals surface area contributed by atoms with E-state index in [-0.39, 0.29) is 18.4 Å². The number of hydroxylamine groups is 2. The van der Waals surface area contributed by atoms with Crippen LogP contribution < -0.4 is 0 Å². The Morgan fingerprint density at radius 3 is 1.46 bits per heavy atom. The molecule has 1 aliphatic heterocycles. The molecule has 288 valence electrons. The van der Waals surface area contributed by atoms with Crippen molar-refractivity contribution in [1.82, 2.24) is 9.96 Å². The van der Waals surface area contributed by atoms with Gasteiger partial charge in [0.1, 0.15) is 12.6 Å². The molecule has 1 aliphatic rings. The fourth-order valence-electron chi connectivity index (χ4n) is 6.37. The van der Waals surface area contributed by atoms with Crippen molar-refractivity contribution in [3.8, 4) is 0 Å². The fourth-order valence-corrected chi connectivity index (χ4v) is 6.37. The maximum atomic E-state index is 13.3. The molecule has 0 saturated carbocycles. The van der Waals surface area contributed by atoms with E-state index in [1.807, 2.05) is 0 Å². The predicted molar refractivity (Wildman–Crippen MR) is 213 cm³/mol. The number of carbonyl (C=O) groups is 2. The molecule has 0 radical (unpaired) electrons. The van der Waals surface area contributed by atoms with Crippen LogP contribution in [0.4, 0.5) is 0 Å². The Balaban J connectivity index is 2.15. The van der Waals surface area contributed by atoms with Gasteiger partial charge < -0.3 is 9.94 Å². The normalized spacial score (nSPS) is 15.3. The van der Waals surface area contributed by atoms with E-state index in [1.165, 1.54) is 108 Å². The third kappa shape index (κ3) is 28.7. The second-order valence-corrected chi connectivity index (χ2v) is 14.3. The van der Waals surface area contributed by atoms with Crippen LogP contribution in [0, 0.1) is 0 Å². The highest BCUT2D eigenvalue weighted by Crippen LogP contribution is 2.15. The minimum atomic E-state index is -0.400. The van der Waals surface area contributed by atoms with Gasteiger partial charge in [-0.2, -0.15) is 5.06 Å². The predicted octanol–water partition coefficient (Wildman–Crippen LogP) is 11.9. The summed E-state index contributed by atoms with van der Waals surface area (Å²) in [6.45, 7) is 6.86. The van der Waals surface area contributed by atoms with Crippen LogP contribution >= 0.6 is 0 Å². The second-order valence-electron chi connectivity index (χ2n) is 14.3. The number of piperazine rings is 1. The van der Waals surface area contributed by atoms with Crippen molar-refractivity contribution in [2.75, 3.05) is 32.8 Å². The Bertz CT molecular complexity index is 904. The number of hydrogen-bond donors (Lipinski definition) is 1. The van der Waals surface area contributed by atoms with Crippen molar-refractivity contribution in [2.45, 2.75) is 187 Å². The van der Waals surface area contributed by atoms with E-state index in [0.29, 0.717) is 39.0 Å². The minimum Gasteiger partial charge on any atom is -0.464 e. The topological polar surface area (TPSA) is 70.1 Å². The van der Waals surface area contributed by atoms with Gasteiger partial charge in [0.15, 0.2) is 5.78 Å². The molecular weight excluding hydrogens is 620 g/mol. The molecule has 0 amide bonds. The first-order chi connectivity index (χ1) is 24.6. The number of rotatable bonds is 34. The summed E-state index contributed by atoms with van der Waals surface area (Å²) in [6.07, 6.45) is 47.5. The molecule has 50 heavy (non-hydrogen) atoms. The van der Waals surface area contributed by atoms with Crippen LogP contribution in [-0.4, -0.2) is 65.8 Å². The lowest BCUT2D eigenvalue weighted by Crippen LogP contribution is -2.53. The van der Waals surface area contributed by atoms with E-state index < -0.39 is 6.04 Å². The Morgan fingerprint density at radius 1 is 0.540 bits per heavy atom. The van der Waals surface area contributed by atoms with Gasteiger partial charge >= 0.3 is 5.97 Å². The van der Waals surface area contributed by atoms with E-state index >= 15 is 0 Å². The van der Waals surface area contributed by atoms with Crippen molar-refractivity contribution in [3.05, 3.63) is 48.6 Å². The highest BCUT2D eigenvalue weighted by molar-refractivity contribution is 5.84. The highest BCUT2D eigenvalue weighted by atomic mass is 16.5. The van der Waals surface area contributed by atoms with E-state index in [9.17, 15) is 14.8 Å². The lowest BCUT2D eigenvalue weighted by molar-refractivity contribution is -0.152. The Morgan fingerprint density at radius 2 is 0.960 bits per heavy atom. The number of Topliss-reactive ketones (excluding diaryl/α,β-unsaturated/α-hetero) is 1. The van der Waals surface area contributed by atoms with E-state index in [2.05, 4.69) is 67.4 Å². The van der Waals surface area contributed by atoms with Gasteiger partial charge in [-0.1, -0.05) is 146 Å². The van der Waals surface area contributed by atoms with Crippen molar-refractivity contribution >= 4 is 11.8 Å². The summed E-state index contributed by atoms with van der Waals surface area (Å²) in [6, 6.07) is -0.400. The molecule has 1 saturated heterocycles. The van der Waals surface area contributed by atoms with Crippen LogP contribution in [0.2, 0.25) is 0 Å². The molecule has 1 N–H and O–H groups in total. The number of hydrogen-bond acceptors (Lipinski definition) is 6. The van der Waals surface area contributed by atoms with Crippen LogP contribution in [0.3, 0.4) is 0 Å².